The molecule has 0 spiro atoms. The molecular weight excluding hydrogens is 322 g/mol. The second-order valence-corrected chi connectivity index (χ2v) is 5.62. The van der Waals surface area contributed by atoms with Crippen LogP contribution in [0.1, 0.15) is 13.3 Å². The van der Waals surface area contributed by atoms with E-state index in [2.05, 4.69) is 20.3 Å². The van der Waals surface area contributed by atoms with Crippen molar-refractivity contribution < 1.29 is 9.53 Å². The van der Waals surface area contributed by atoms with Crippen LogP contribution >= 0.6 is 0 Å². The first-order valence-corrected chi connectivity index (χ1v) is 7.91. The quantitative estimate of drug-likeness (QED) is 0.666. The van der Waals surface area contributed by atoms with E-state index < -0.39 is 0 Å². The summed E-state index contributed by atoms with van der Waals surface area (Å²) in [5.74, 6) is -0.142. The van der Waals surface area contributed by atoms with Gasteiger partial charge in [-0.15, -0.1) is 0 Å². The number of ether oxygens (including phenoxy) is 1. The van der Waals surface area contributed by atoms with Gasteiger partial charge in [-0.1, -0.05) is 12.1 Å². The Bertz CT molecular complexity index is 960. The predicted molar refractivity (Wildman–Crippen MR) is 94.4 cm³/mol. The highest BCUT2D eigenvalue weighted by Crippen LogP contribution is 2.21. The molecule has 0 saturated carbocycles. The van der Waals surface area contributed by atoms with E-state index in [4.69, 9.17) is 4.74 Å². The number of rotatable bonds is 6. The molecule has 0 atom stereocenters. The fraction of sp³-hybridized carbons (Fsp3) is 0.294. The van der Waals surface area contributed by atoms with E-state index in [9.17, 15) is 9.59 Å². The molecule has 1 amide bonds. The molecule has 0 aliphatic heterocycles. The number of fused-ring (bicyclic) bond motifs is 1. The van der Waals surface area contributed by atoms with Crippen LogP contribution in [-0.4, -0.2) is 39.1 Å². The van der Waals surface area contributed by atoms with Crippen LogP contribution in [0.4, 0.5) is 5.69 Å². The van der Waals surface area contributed by atoms with Crippen LogP contribution in [0.5, 0.6) is 0 Å². The molecule has 3 rings (SSSR count). The van der Waals surface area contributed by atoms with Crippen molar-refractivity contribution in [3.8, 4) is 11.3 Å². The van der Waals surface area contributed by atoms with Crippen LogP contribution in [0.2, 0.25) is 0 Å². The highest BCUT2D eigenvalue weighted by Gasteiger charge is 2.11. The lowest BCUT2D eigenvalue weighted by Crippen LogP contribution is -2.18. The maximum Gasteiger partial charge on any atom is 0.328 e. The molecule has 25 heavy (non-hydrogen) atoms. The fourth-order valence-electron chi connectivity index (χ4n) is 2.59. The minimum Gasteiger partial charge on any atom is -0.385 e. The maximum atomic E-state index is 12.1. The van der Waals surface area contributed by atoms with Gasteiger partial charge in [0.1, 0.15) is 0 Å². The van der Waals surface area contributed by atoms with Gasteiger partial charge in [-0.2, -0.15) is 0 Å². The van der Waals surface area contributed by atoms with Crippen LogP contribution in [0, 0.1) is 0 Å². The van der Waals surface area contributed by atoms with Crippen LogP contribution in [0.3, 0.4) is 0 Å². The van der Waals surface area contributed by atoms with E-state index in [1.807, 2.05) is 18.2 Å². The number of carbonyl (C=O) groups is 1. The molecule has 0 radical (unpaired) electrons. The molecule has 0 saturated heterocycles. The summed E-state index contributed by atoms with van der Waals surface area (Å²) in [7, 11) is 1.62. The summed E-state index contributed by atoms with van der Waals surface area (Å²) in [6, 6.07) is 7.32. The molecular formula is C17H19N5O3. The van der Waals surface area contributed by atoms with Crippen LogP contribution in [0.25, 0.3) is 22.6 Å². The lowest BCUT2D eigenvalue weighted by molar-refractivity contribution is -0.114. The van der Waals surface area contributed by atoms with Crippen molar-refractivity contribution in [1.29, 1.82) is 0 Å². The number of anilines is 1. The molecule has 1 aromatic carbocycles. The SMILES string of the molecule is COCCCn1c(=O)[nH]c2ncc(-c3cccc(NC(C)=O)c3)nc21. The summed E-state index contributed by atoms with van der Waals surface area (Å²) in [5.41, 5.74) is 2.82. The van der Waals surface area contributed by atoms with Crippen molar-refractivity contribution in [3.63, 3.8) is 0 Å². The van der Waals surface area contributed by atoms with Crippen LogP contribution < -0.4 is 11.0 Å². The molecule has 0 bridgehead atoms. The molecule has 0 unspecified atom stereocenters. The summed E-state index contributed by atoms with van der Waals surface area (Å²) in [4.78, 5) is 34.9. The van der Waals surface area contributed by atoms with Crippen molar-refractivity contribution in [3.05, 3.63) is 40.9 Å². The van der Waals surface area contributed by atoms with Gasteiger partial charge in [0.05, 0.1) is 11.9 Å². The van der Waals surface area contributed by atoms with Crippen molar-refractivity contribution in [1.82, 2.24) is 19.5 Å². The first-order chi connectivity index (χ1) is 12.1. The van der Waals surface area contributed by atoms with E-state index in [1.54, 1.807) is 23.9 Å². The van der Waals surface area contributed by atoms with Gasteiger partial charge in [-0.3, -0.25) is 14.3 Å². The molecule has 0 aliphatic carbocycles. The number of imidazole rings is 1. The number of amides is 1. The molecule has 3 aromatic rings. The van der Waals surface area contributed by atoms with Gasteiger partial charge >= 0.3 is 5.69 Å². The van der Waals surface area contributed by atoms with Gasteiger partial charge in [0.15, 0.2) is 11.3 Å². The summed E-state index contributed by atoms with van der Waals surface area (Å²) < 4.78 is 6.59. The number of carbonyl (C=O) groups excluding carboxylic acids is 1. The van der Waals surface area contributed by atoms with E-state index in [0.717, 1.165) is 5.56 Å². The lowest BCUT2D eigenvalue weighted by atomic mass is 10.1. The molecule has 8 nitrogen and oxygen atoms in total. The minimum absolute atomic E-state index is 0.142. The van der Waals surface area contributed by atoms with Crippen LogP contribution in [-0.2, 0) is 16.1 Å². The number of methoxy groups -OCH3 is 1. The van der Waals surface area contributed by atoms with E-state index >= 15 is 0 Å². The summed E-state index contributed by atoms with van der Waals surface area (Å²) in [5, 5.41) is 2.74. The Morgan fingerprint density at radius 2 is 2.24 bits per heavy atom. The number of nitrogens with zero attached hydrogens (tertiary/aromatic N) is 3. The van der Waals surface area contributed by atoms with Crippen LogP contribution in [0.15, 0.2) is 35.3 Å². The summed E-state index contributed by atoms with van der Waals surface area (Å²) in [6.45, 7) is 2.51. The monoisotopic (exact) mass is 341 g/mol. The number of benzene rings is 1. The normalized spacial score (nSPS) is 11.0. The second-order valence-electron chi connectivity index (χ2n) is 5.62. The number of aromatic amines is 1. The number of aromatic nitrogens is 4. The molecule has 2 aromatic heterocycles. The standard InChI is InChI=1S/C17H19N5O3/c1-11(23)19-13-6-3-5-12(9-13)14-10-18-15-16(20-14)22(17(24)21-15)7-4-8-25-2/h3,5-6,9-10H,4,7-8H2,1-2H3,(H,19,23)(H,18,21,24). The van der Waals surface area contributed by atoms with E-state index in [0.29, 0.717) is 42.2 Å². The molecule has 8 heteroatoms. The Labute approximate surface area is 143 Å². The first-order valence-electron chi connectivity index (χ1n) is 7.91. The van der Waals surface area contributed by atoms with E-state index in [1.165, 1.54) is 6.92 Å². The predicted octanol–water partition coefficient (Wildman–Crippen LogP) is 1.78. The highest BCUT2D eigenvalue weighted by atomic mass is 16.5. The molecule has 0 aliphatic rings. The lowest BCUT2D eigenvalue weighted by Gasteiger charge is -2.06. The number of H-pyrrole nitrogens is 1. The van der Waals surface area contributed by atoms with Gasteiger partial charge in [0.2, 0.25) is 5.91 Å². The van der Waals surface area contributed by atoms with Gasteiger partial charge < -0.3 is 10.1 Å². The Balaban J connectivity index is 1.99. The zero-order valence-electron chi connectivity index (χ0n) is 14.1. The summed E-state index contributed by atoms with van der Waals surface area (Å²) in [6.07, 6.45) is 2.30. The van der Waals surface area contributed by atoms with E-state index in [-0.39, 0.29) is 11.6 Å². The Morgan fingerprint density at radius 1 is 1.40 bits per heavy atom. The molecule has 2 N–H and O–H groups in total. The molecule has 2 heterocycles. The maximum absolute atomic E-state index is 12.1. The first kappa shape index (κ1) is 16.8. The third-order valence-electron chi connectivity index (χ3n) is 3.69. The van der Waals surface area contributed by atoms with Crippen molar-refractivity contribution in [2.75, 3.05) is 19.0 Å². The Hall–Kier alpha value is -3.00. The molecule has 0 fully saturated rings. The molecule has 130 valence electrons. The second kappa shape index (κ2) is 7.27. The van der Waals surface area contributed by atoms with Gasteiger partial charge in [0.25, 0.3) is 0 Å². The largest absolute Gasteiger partial charge is 0.385 e. The van der Waals surface area contributed by atoms with Gasteiger partial charge in [-0.05, 0) is 18.6 Å². The third kappa shape index (κ3) is 3.74. The highest BCUT2D eigenvalue weighted by molar-refractivity contribution is 5.89. The minimum atomic E-state index is -0.241. The number of aryl methyl sites for hydroxylation is 1. The van der Waals surface area contributed by atoms with Crippen molar-refractivity contribution in [2.45, 2.75) is 19.9 Å². The fourth-order valence-corrected chi connectivity index (χ4v) is 2.59. The number of hydrogen-bond donors (Lipinski definition) is 2. The Kier molecular flexibility index (Phi) is 4.90. The zero-order chi connectivity index (χ0) is 17.8. The number of hydrogen-bond acceptors (Lipinski definition) is 5. The zero-order valence-corrected chi connectivity index (χ0v) is 14.1. The third-order valence-corrected chi connectivity index (χ3v) is 3.69. The van der Waals surface area contributed by atoms with Gasteiger partial charge in [-0.25, -0.2) is 14.8 Å². The van der Waals surface area contributed by atoms with Crippen molar-refractivity contribution in [2.24, 2.45) is 0 Å². The topological polar surface area (TPSA) is 102 Å². The Morgan fingerprint density at radius 3 is 3.00 bits per heavy atom. The average Bonchev–Trinajstić information content (AvgIpc) is 2.90. The van der Waals surface area contributed by atoms with Crippen molar-refractivity contribution >= 4 is 22.9 Å². The van der Waals surface area contributed by atoms with Gasteiger partial charge in [0, 0.05) is 38.4 Å². The average molecular weight is 341 g/mol. The smallest absolute Gasteiger partial charge is 0.328 e. The summed E-state index contributed by atoms with van der Waals surface area (Å²) >= 11 is 0. The number of nitrogens with one attached hydrogen (secondary N) is 2.